The highest BCUT2D eigenvalue weighted by molar-refractivity contribution is 5.78. The third-order valence-electron chi connectivity index (χ3n) is 1.73. The molecule has 0 bridgehead atoms. The van der Waals surface area contributed by atoms with Gasteiger partial charge in [0.15, 0.2) is 5.96 Å². The van der Waals surface area contributed by atoms with Gasteiger partial charge in [-0.05, 0) is 13.8 Å². The Bertz CT molecular complexity index is 192. The van der Waals surface area contributed by atoms with Crippen LogP contribution in [0.25, 0.3) is 0 Å². The average Bonchev–Trinajstić information content (AvgIpc) is 2.04. The predicted octanol–water partition coefficient (Wildman–Crippen LogP) is 0.555. The number of aliphatic imine (C=N–C) groups is 1. The van der Waals surface area contributed by atoms with E-state index in [1.54, 1.807) is 0 Å². The number of nitrogens with two attached hydrogens (primary N) is 1. The third-order valence-corrected chi connectivity index (χ3v) is 1.73. The summed E-state index contributed by atoms with van der Waals surface area (Å²) >= 11 is 0. The maximum Gasteiger partial charge on any atom is 0.191 e. The van der Waals surface area contributed by atoms with E-state index in [4.69, 9.17) is 11.0 Å². The van der Waals surface area contributed by atoms with E-state index in [0.29, 0.717) is 18.9 Å². The Morgan fingerprint density at radius 1 is 1.75 bits per heavy atom. The van der Waals surface area contributed by atoms with Gasteiger partial charge in [-0.2, -0.15) is 5.26 Å². The number of guanidine groups is 1. The fourth-order valence-corrected chi connectivity index (χ4v) is 0.768. The van der Waals surface area contributed by atoms with Gasteiger partial charge in [-0.25, -0.2) is 0 Å². The van der Waals surface area contributed by atoms with Crippen LogP contribution < -0.4 is 5.73 Å². The summed E-state index contributed by atoms with van der Waals surface area (Å²) in [6.07, 6.45) is 0.469. The summed E-state index contributed by atoms with van der Waals surface area (Å²) in [6.45, 7) is 4.55. The van der Waals surface area contributed by atoms with E-state index in [1.165, 1.54) is 0 Å². The quantitative estimate of drug-likeness (QED) is 0.494. The van der Waals surface area contributed by atoms with Crippen LogP contribution in [-0.4, -0.2) is 30.5 Å². The Kier molecular flexibility index (Phi) is 4.86. The number of nitriles is 1. The minimum atomic E-state index is 0.130. The first-order valence-corrected chi connectivity index (χ1v) is 4.03. The molecule has 0 heterocycles. The summed E-state index contributed by atoms with van der Waals surface area (Å²) in [4.78, 5) is 5.85. The normalized spacial score (nSPS) is 13.7. The first-order chi connectivity index (χ1) is 5.63. The summed E-state index contributed by atoms with van der Waals surface area (Å²) in [5.41, 5.74) is 5.63. The molecule has 4 heteroatoms. The van der Waals surface area contributed by atoms with Crippen LogP contribution in [0.5, 0.6) is 0 Å². The van der Waals surface area contributed by atoms with Crippen molar-refractivity contribution in [2.45, 2.75) is 26.3 Å². The second kappa shape index (κ2) is 5.42. The van der Waals surface area contributed by atoms with Gasteiger partial charge in [0.05, 0.1) is 12.5 Å². The molecule has 0 rings (SSSR count). The van der Waals surface area contributed by atoms with Crippen molar-refractivity contribution >= 4 is 5.96 Å². The molecule has 0 aliphatic carbocycles. The van der Waals surface area contributed by atoms with Crippen LogP contribution in [0.2, 0.25) is 0 Å². The van der Waals surface area contributed by atoms with Crippen LogP contribution in [-0.2, 0) is 0 Å². The smallest absolute Gasteiger partial charge is 0.191 e. The van der Waals surface area contributed by atoms with E-state index in [1.807, 2.05) is 25.8 Å². The Balaban J connectivity index is 4.10. The number of rotatable bonds is 3. The molecule has 0 aromatic heterocycles. The predicted molar refractivity (Wildman–Crippen MR) is 49.6 cm³/mol. The molecule has 1 unspecified atom stereocenters. The molecule has 0 amide bonds. The van der Waals surface area contributed by atoms with Crippen molar-refractivity contribution in [1.29, 1.82) is 5.26 Å². The molecule has 0 aliphatic rings. The Hall–Kier alpha value is -1.24. The first-order valence-electron chi connectivity index (χ1n) is 4.03. The molecule has 0 saturated heterocycles. The highest BCUT2D eigenvalue weighted by atomic mass is 15.2. The van der Waals surface area contributed by atoms with Crippen molar-refractivity contribution in [2.24, 2.45) is 10.7 Å². The lowest BCUT2D eigenvalue weighted by Gasteiger charge is -2.23. The van der Waals surface area contributed by atoms with Gasteiger partial charge in [-0.3, -0.25) is 4.99 Å². The van der Waals surface area contributed by atoms with E-state index in [2.05, 4.69) is 11.1 Å². The Morgan fingerprint density at radius 3 is 2.75 bits per heavy atom. The number of hydrogen-bond donors (Lipinski definition) is 1. The standard InChI is InChI=1S/C8H16N4/c1-4-11-8(10)12(3)7(2)5-6-9/h7H,4-5H2,1-3H3,(H2,10,11). The molecule has 0 aromatic carbocycles. The fourth-order valence-electron chi connectivity index (χ4n) is 0.768. The Labute approximate surface area is 73.7 Å². The zero-order chi connectivity index (χ0) is 9.56. The summed E-state index contributed by atoms with van der Waals surface area (Å²) < 4.78 is 0. The molecule has 2 N–H and O–H groups in total. The molecule has 0 aromatic rings. The summed E-state index contributed by atoms with van der Waals surface area (Å²) in [5, 5.41) is 8.44. The highest BCUT2D eigenvalue weighted by Crippen LogP contribution is 1.98. The summed E-state index contributed by atoms with van der Waals surface area (Å²) in [5.74, 6) is 0.500. The monoisotopic (exact) mass is 168 g/mol. The average molecular weight is 168 g/mol. The zero-order valence-corrected chi connectivity index (χ0v) is 7.91. The van der Waals surface area contributed by atoms with Gasteiger partial charge in [0.2, 0.25) is 0 Å². The molecule has 0 fully saturated rings. The SMILES string of the molecule is CCN=C(N)N(C)C(C)CC#N. The minimum absolute atomic E-state index is 0.130. The van der Waals surface area contributed by atoms with Gasteiger partial charge >= 0.3 is 0 Å². The molecular weight excluding hydrogens is 152 g/mol. The molecule has 4 nitrogen and oxygen atoms in total. The fraction of sp³-hybridized carbons (Fsp3) is 0.750. The van der Waals surface area contributed by atoms with Gasteiger partial charge in [0, 0.05) is 19.6 Å². The topological polar surface area (TPSA) is 65.4 Å². The maximum absolute atomic E-state index is 8.44. The third kappa shape index (κ3) is 3.24. The van der Waals surface area contributed by atoms with Crippen LogP contribution in [0.3, 0.4) is 0 Å². The van der Waals surface area contributed by atoms with Crippen molar-refractivity contribution in [1.82, 2.24) is 4.90 Å². The van der Waals surface area contributed by atoms with E-state index < -0.39 is 0 Å². The van der Waals surface area contributed by atoms with E-state index >= 15 is 0 Å². The van der Waals surface area contributed by atoms with Gasteiger partial charge in [-0.1, -0.05) is 0 Å². The first kappa shape index (κ1) is 10.8. The van der Waals surface area contributed by atoms with Crippen molar-refractivity contribution in [3.63, 3.8) is 0 Å². The van der Waals surface area contributed by atoms with Crippen molar-refractivity contribution in [3.05, 3.63) is 0 Å². The second-order valence-corrected chi connectivity index (χ2v) is 2.65. The van der Waals surface area contributed by atoms with Crippen LogP contribution in [0.1, 0.15) is 20.3 Å². The number of nitrogens with zero attached hydrogens (tertiary/aromatic N) is 3. The van der Waals surface area contributed by atoms with E-state index in [-0.39, 0.29) is 6.04 Å². The van der Waals surface area contributed by atoms with Crippen molar-refractivity contribution < 1.29 is 0 Å². The Morgan fingerprint density at radius 2 is 2.33 bits per heavy atom. The van der Waals surface area contributed by atoms with Gasteiger partial charge in [0.25, 0.3) is 0 Å². The van der Waals surface area contributed by atoms with Gasteiger partial charge < -0.3 is 10.6 Å². The molecule has 1 atom stereocenters. The summed E-state index contributed by atoms with van der Waals surface area (Å²) in [7, 11) is 1.84. The molecule has 0 spiro atoms. The van der Waals surface area contributed by atoms with Gasteiger partial charge in [-0.15, -0.1) is 0 Å². The van der Waals surface area contributed by atoms with Crippen molar-refractivity contribution in [3.8, 4) is 6.07 Å². The van der Waals surface area contributed by atoms with Gasteiger partial charge in [0.1, 0.15) is 0 Å². The second-order valence-electron chi connectivity index (χ2n) is 2.65. The molecule has 12 heavy (non-hydrogen) atoms. The number of hydrogen-bond acceptors (Lipinski definition) is 2. The van der Waals surface area contributed by atoms with E-state index in [0.717, 1.165) is 0 Å². The molecule has 0 aliphatic heterocycles. The lowest BCUT2D eigenvalue weighted by molar-refractivity contribution is 0.390. The minimum Gasteiger partial charge on any atom is -0.370 e. The largest absolute Gasteiger partial charge is 0.370 e. The van der Waals surface area contributed by atoms with Crippen LogP contribution in [0, 0.1) is 11.3 Å². The molecule has 0 radical (unpaired) electrons. The van der Waals surface area contributed by atoms with Crippen LogP contribution >= 0.6 is 0 Å². The van der Waals surface area contributed by atoms with Crippen molar-refractivity contribution in [2.75, 3.05) is 13.6 Å². The zero-order valence-electron chi connectivity index (χ0n) is 7.91. The lowest BCUT2D eigenvalue weighted by Crippen LogP contribution is -2.40. The van der Waals surface area contributed by atoms with Crippen LogP contribution in [0.4, 0.5) is 0 Å². The lowest BCUT2D eigenvalue weighted by atomic mass is 10.2. The van der Waals surface area contributed by atoms with Crippen LogP contribution in [0.15, 0.2) is 4.99 Å². The maximum atomic E-state index is 8.44. The summed E-state index contributed by atoms with van der Waals surface area (Å²) in [6, 6.07) is 2.22. The molecule has 0 saturated carbocycles. The molecular formula is C8H16N4. The molecule has 68 valence electrons. The van der Waals surface area contributed by atoms with E-state index in [9.17, 15) is 0 Å². The highest BCUT2D eigenvalue weighted by Gasteiger charge is 2.09.